The van der Waals surface area contributed by atoms with Crippen LogP contribution in [-0.2, 0) is 6.61 Å². The van der Waals surface area contributed by atoms with Crippen LogP contribution in [0.3, 0.4) is 0 Å². The van der Waals surface area contributed by atoms with Crippen molar-refractivity contribution in [2.45, 2.75) is 13.5 Å². The van der Waals surface area contributed by atoms with Crippen molar-refractivity contribution < 1.29 is 14.6 Å². The second-order valence-electron chi connectivity index (χ2n) is 5.04. The van der Waals surface area contributed by atoms with Crippen LogP contribution in [0, 0.1) is 6.92 Å². The van der Waals surface area contributed by atoms with Crippen molar-refractivity contribution in [3.63, 3.8) is 0 Å². The minimum atomic E-state index is -1.01. The number of nitrogens with zero attached hydrogens (tertiary/aromatic N) is 1. The topological polar surface area (TPSA) is 59.4 Å². The van der Waals surface area contributed by atoms with Crippen molar-refractivity contribution in [3.8, 4) is 17.0 Å². The molecule has 23 heavy (non-hydrogen) atoms. The van der Waals surface area contributed by atoms with Crippen molar-refractivity contribution >= 4 is 17.3 Å². The number of aromatic nitrogens is 1. The Morgan fingerprint density at radius 2 is 2.00 bits per heavy atom. The quantitative estimate of drug-likeness (QED) is 0.755. The fraction of sp³-hybridized carbons (Fsp3) is 0.111. The zero-order valence-electron chi connectivity index (χ0n) is 12.5. The van der Waals surface area contributed by atoms with E-state index in [0.717, 1.165) is 21.8 Å². The van der Waals surface area contributed by atoms with Gasteiger partial charge in [0.05, 0.1) is 10.7 Å². The first-order valence-corrected chi connectivity index (χ1v) is 7.98. The molecule has 0 bridgehead atoms. The summed E-state index contributed by atoms with van der Waals surface area (Å²) in [6, 6.07) is 14.8. The highest BCUT2D eigenvalue weighted by Gasteiger charge is 2.14. The standard InChI is InChI=1S/C18H15NO3S/c1-12-19-16(11-23-12)14-7-8-17(15(9-14)18(20)21)22-10-13-5-3-2-4-6-13/h2-9,11H,10H2,1H3,(H,20,21). The van der Waals surface area contributed by atoms with Crippen molar-refractivity contribution in [1.82, 2.24) is 4.98 Å². The molecule has 0 fully saturated rings. The van der Waals surface area contributed by atoms with Crippen molar-refractivity contribution in [2.75, 3.05) is 0 Å². The van der Waals surface area contributed by atoms with Gasteiger partial charge in [0.1, 0.15) is 17.9 Å². The van der Waals surface area contributed by atoms with Crippen LogP contribution in [0.2, 0.25) is 0 Å². The third-order valence-corrected chi connectivity index (χ3v) is 4.14. The van der Waals surface area contributed by atoms with E-state index < -0.39 is 5.97 Å². The molecule has 0 unspecified atom stereocenters. The second-order valence-corrected chi connectivity index (χ2v) is 6.10. The molecular formula is C18H15NO3S. The number of ether oxygens (including phenoxy) is 1. The van der Waals surface area contributed by atoms with Crippen LogP contribution in [0.5, 0.6) is 5.75 Å². The fourth-order valence-corrected chi connectivity index (χ4v) is 2.84. The Morgan fingerprint density at radius 3 is 2.65 bits per heavy atom. The van der Waals surface area contributed by atoms with E-state index in [1.807, 2.05) is 48.7 Å². The van der Waals surface area contributed by atoms with Crippen LogP contribution in [-0.4, -0.2) is 16.1 Å². The third kappa shape index (κ3) is 3.57. The molecule has 4 nitrogen and oxygen atoms in total. The number of benzene rings is 2. The first kappa shape index (κ1) is 15.2. The van der Waals surface area contributed by atoms with Gasteiger partial charge in [-0.15, -0.1) is 11.3 Å². The fourth-order valence-electron chi connectivity index (χ4n) is 2.21. The number of thiazole rings is 1. The number of carboxylic acid groups (broad SMARTS) is 1. The molecule has 0 aliphatic rings. The molecule has 1 N–H and O–H groups in total. The highest BCUT2D eigenvalue weighted by Crippen LogP contribution is 2.28. The Morgan fingerprint density at radius 1 is 1.22 bits per heavy atom. The van der Waals surface area contributed by atoms with Gasteiger partial charge in [-0.2, -0.15) is 0 Å². The van der Waals surface area contributed by atoms with E-state index in [1.165, 1.54) is 11.3 Å². The van der Waals surface area contributed by atoms with Crippen molar-refractivity contribution in [1.29, 1.82) is 0 Å². The lowest BCUT2D eigenvalue weighted by Gasteiger charge is -2.10. The molecular weight excluding hydrogens is 310 g/mol. The number of carboxylic acids is 1. The lowest BCUT2D eigenvalue weighted by atomic mass is 10.1. The summed E-state index contributed by atoms with van der Waals surface area (Å²) in [5.74, 6) is -0.654. The number of hydrogen-bond donors (Lipinski definition) is 1. The zero-order valence-corrected chi connectivity index (χ0v) is 13.3. The summed E-state index contributed by atoms with van der Waals surface area (Å²) in [5.41, 5.74) is 2.69. The molecule has 0 radical (unpaired) electrons. The molecule has 0 atom stereocenters. The van der Waals surface area contributed by atoms with E-state index in [4.69, 9.17) is 4.74 Å². The largest absolute Gasteiger partial charge is 0.488 e. The van der Waals surface area contributed by atoms with Gasteiger partial charge in [-0.05, 0) is 30.7 Å². The smallest absolute Gasteiger partial charge is 0.339 e. The lowest BCUT2D eigenvalue weighted by Crippen LogP contribution is -2.03. The predicted molar refractivity (Wildman–Crippen MR) is 90.0 cm³/mol. The van der Waals surface area contributed by atoms with Gasteiger partial charge in [0, 0.05) is 10.9 Å². The molecule has 3 aromatic rings. The van der Waals surface area contributed by atoms with Gasteiger partial charge < -0.3 is 9.84 Å². The van der Waals surface area contributed by atoms with Gasteiger partial charge in [-0.25, -0.2) is 9.78 Å². The van der Waals surface area contributed by atoms with E-state index in [2.05, 4.69) is 4.98 Å². The summed E-state index contributed by atoms with van der Waals surface area (Å²) in [6.07, 6.45) is 0. The summed E-state index contributed by atoms with van der Waals surface area (Å²) >= 11 is 1.54. The van der Waals surface area contributed by atoms with Gasteiger partial charge in [0.25, 0.3) is 0 Å². The van der Waals surface area contributed by atoms with Crippen LogP contribution in [0.15, 0.2) is 53.9 Å². The second kappa shape index (κ2) is 6.62. The first-order valence-electron chi connectivity index (χ1n) is 7.10. The zero-order chi connectivity index (χ0) is 16.2. The molecule has 3 rings (SSSR count). The molecule has 0 aliphatic heterocycles. The Balaban J connectivity index is 1.87. The molecule has 0 spiro atoms. The van der Waals surface area contributed by atoms with Crippen LogP contribution in [0.4, 0.5) is 0 Å². The number of hydrogen-bond acceptors (Lipinski definition) is 4. The molecule has 5 heteroatoms. The van der Waals surface area contributed by atoms with E-state index in [-0.39, 0.29) is 5.56 Å². The average Bonchev–Trinajstić information content (AvgIpc) is 3.00. The summed E-state index contributed by atoms with van der Waals surface area (Å²) in [4.78, 5) is 15.9. The third-order valence-electron chi connectivity index (χ3n) is 3.36. The van der Waals surface area contributed by atoms with Gasteiger partial charge >= 0.3 is 5.97 Å². The van der Waals surface area contributed by atoms with Crippen LogP contribution in [0.1, 0.15) is 20.9 Å². The Kier molecular flexibility index (Phi) is 4.39. The molecule has 2 aromatic carbocycles. The molecule has 1 aromatic heterocycles. The maximum Gasteiger partial charge on any atom is 0.339 e. The van der Waals surface area contributed by atoms with Gasteiger partial charge in [-0.1, -0.05) is 30.3 Å². The maximum absolute atomic E-state index is 11.5. The van der Waals surface area contributed by atoms with Crippen molar-refractivity contribution in [2.24, 2.45) is 0 Å². The van der Waals surface area contributed by atoms with Gasteiger partial charge in [0.15, 0.2) is 0 Å². The predicted octanol–water partition coefficient (Wildman–Crippen LogP) is 4.40. The number of carbonyl (C=O) groups is 1. The Hall–Kier alpha value is -2.66. The van der Waals surface area contributed by atoms with E-state index in [0.29, 0.717) is 12.4 Å². The van der Waals surface area contributed by atoms with Gasteiger partial charge in [0.2, 0.25) is 0 Å². The maximum atomic E-state index is 11.5. The van der Waals surface area contributed by atoms with Crippen molar-refractivity contribution in [3.05, 3.63) is 70.0 Å². The highest BCUT2D eigenvalue weighted by atomic mass is 32.1. The molecule has 0 aliphatic carbocycles. The summed E-state index contributed by atoms with van der Waals surface area (Å²) in [6.45, 7) is 2.25. The Labute approximate surface area is 138 Å². The highest BCUT2D eigenvalue weighted by molar-refractivity contribution is 7.09. The minimum absolute atomic E-state index is 0.143. The van der Waals surface area contributed by atoms with Crippen LogP contribution in [0.25, 0.3) is 11.3 Å². The minimum Gasteiger partial charge on any atom is -0.488 e. The SMILES string of the molecule is Cc1nc(-c2ccc(OCc3ccccc3)c(C(=O)O)c2)cs1. The van der Waals surface area contributed by atoms with E-state index >= 15 is 0 Å². The number of aromatic carboxylic acids is 1. The molecule has 1 heterocycles. The van der Waals surface area contributed by atoms with Gasteiger partial charge in [-0.3, -0.25) is 0 Å². The van der Waals surface area contributed by atoms with E-state index in [9.17, 15) is 9.90 Å². The Bertz CT molecular complexity index is 827. The lowest BCUT2D eigenvalue weighted by molar-refractivity contribution is 0.0692. The first-order chi connectivity index (χ1) is 11.1. The van der Waals surface area contributed by atoms with Crippen LogP contribution < -0.4 is 4.74 Å². The summed E-state index contributed by atoms with van der Waals surface area (Å²) < 4.78 is 5.68. The molecule has 116 valence electrons. The summed E-state index contributed by atoms with van der Waals surface area (Å²) in [5, 5.41) is 12.3. The van der Waals surface area contributed by atoms with E-state index in [1.54, 1.807) is 12.1 Å². The average molecular weight is 325 g/mol. The molecule has 0 amide bonds. The molecule has 0 saturated heterocycles. The van der Waals surface area contributed by atoms with Crippen LogP contribution >= 0.6 is 11.3 Å². The summed E-state index contributed by atoms with van der Waals surface area (Å²) in [7, 11) is 0. The normalized spacial score (nSPS) is 10.5. The monoisotopic (exact) mass is 325 g/mol. The number of aryl methyl sites for hydroxylation is 1. The number of rotatable bonds is 5. The molecule has 0 saturated carbocycles.